The minimum Gasteiger partial charge on any atom is -0.444 e. The van der Waals surface area contributed by atoms with Crippen LogP contribution >= 0.6 is 15.9 Å². The fourth-order valence-corrected chi connectivity index (χ4v) is 1.57. The second-order valence-corrected chi connectivity index (χ2v) is 5.37. The highest BCUT2D eigenvalue weighted by atomic mass is 79.9. The van der Waals surface area contributed by atoms with Crippen molar-refractivity contribution >= 4 is 33.6 Å². The number of nitrogens with zero attached hydrogens (tertiary/aromatic N) is 4. The van der Waals surface area contributed by atoms with Gasteiger partial charge in [-0.25, -0.2) is 9.78 Å². The molecule has 2 rings (SSSR count). The number of amides is 1. The average molecular weight is 314 g/mol. The molecule has 0 atom stereocenters. The van der Waals surface area contributed by atoms with Crippen molar-refractivity contribution in [3.05, 3.63) is 17.0 Å². The Hall–Kier alpha value is -1.70. The summed E-state index contributed by atoms with van der Waals surface area (Å²) in [6.45, 7) is 5.35. The molecule has 8 heteroatoms. The molecular formula is C10H12BrN5O2. The minimum absolute atomic E-state index is 0.287. The molecule has 2 aromatic heterocycles. The molecule has 0 bridgehead atoms. The van der Waals surface area contributed by atoms with Gasteiger partial charge in [-0.2, -0.15) is 14.6 Å². The van der Waals surface area contributed by atoms with Crippen molar-refractivity contribution in [3.8, 4) is 0 Å². The van der Waals surface area contributed by atoms with Crippen molar-refractivity contribution in [2.45, 2.75) is 26.4 Å². The second-order valence-electron chi connectivity index (χ2n) is 4.56. The number of imidazole rings is 1. The lowest BCUT2D eigenvalue weighted by Gasteiger charge is -2.19. The van der Waals surface area contributed by atoms with Crippen LogP contribution in [0.5, 0.6) is 0 Å². The Morgan fingerprint density at radius 1 is 1.44 bits per heavy atom. The molecular weight excluding hydrogens is 302 g/mol. The Morgan fingerprint density at radius 2 is 2.17 bits per heavy atom. The highest BCUT2D eigenvalue weighted by Gasteiger charge is 2.17. The number of rotatable bonds is 1. The van der Waals surface area contributed by atoms with Gasteiger partial charge < -0.3 is 4.74 Å². The van der Waals surface area contributed by atoms with E-state index >= 15 is 0 Å². The summed E-state index contributed by atoms with van der Waals surface area (Å²) in [5.41, 5.74) is -0.558. The number of aromatic nitrogens is 4. The highest BCUT2D eigenvalue weighted by Crippen LogP contribution is 2.12. The molecule has 0 spiro atoms. The number of anilines is 1. The fourth-order valence-electron chi connectivity index (χ4n) is 1.22. The molecule has 0 saturated heterocycles. The number of hydrogen-bond donors (Lipinski definition) is 1. The number of halogens is 1. The van der Waals surface area contributed by atoms with Crippen LogP contribution in [0.1, 0.15) is 20.8 Å². The van der Waals surface area contributed by atoms with E-state index in [1.54, 1.807) is 27.0 Å². The van der Waals surface area contributed by atoms with Crippen LogP contribution in [0.4, 0.5) is 10.6 Å². The van der Waals surface area contributed by atoms with Crippen LogP contribution in [0, 0.1) is 0 Å². The normalized spacial score (nSPS) is 11.6. The number of ether oxygens (including phenoxy) is 1. The molecule has 0 aliphatic carbocycles. The van der Waals surface area contributed by atoms with Gasteiger partial charge in [-0.3, -0.25) is 5.32 Å². The molecule has 0 aliphatic heterocycles. The Labute approximate surface area is 112 Å². The van der Waals surface area contributed by atoms with E-state index in [4.69, 9.17) is 4.74 Å². The summed E-state index contributed by atoms with van der Waals surface area (Å²) in [6.07, 6.45) is 2.42. The molecule has 0 unspecified atom stereocenters. The zero-order chi connectivity index (χ0) is 13.3. The van der Waals surface area contributed by atoms with E-state index in [0.29, 0.717) is 10.4 Å². The van der Waals surface area contributed by atoms with Gasteiger partial charge in [0.25, 0.3) is 5.78 Å². The molecule has 0 aromatic carbocycles. The van der Waals surface area contributed by atoms with E-state index in [9.17, 15) is 4.79 Å². The molecule has 2 aromatic rings. The monoisotopic (exact) mass is 313 g/mol. The zero-order valence-electron chi connectivity index (χ0n) is 10.1. The van der Waals surface area contributed by atoms with E-state index in [1.807, 2.05) is 0 Å². The first kappa shape index (κ1) is 12.7. The van der Waals surface area contributed by atoms with E-state index in [0.717, 1.165) is 0 Å². The summed E-state index contributed by atoms with van der Waals surface area (Å²) in [5, 5.41) is 6.56. The molecule has 1 N–H and O–H groups in total. The summed E-state index contributed by atoms with van der Waals surface area (Å²) in [4.78, 5) is 19.7. The molecule has 0 radical (unpaired) electrons. The van der Waals surface area contributed by atoms with Gasteiger partial charge in [0.2, 0.25) is 0 Å². The number of carbonyl (C=O) groups is 1. The summed E-state index contributed by atoms with van der Waals surface area (Å²) in [5.74, 6) is 0.672. The molecule has 7 nitrogen and oxygen atoms in total. The predicted molar refractivity (Wildman–Crippen MR) is 68.3 cm³/mol. The maximum absolute atomic E-state index is 11.5. The van der Waals surface area contributed by atoms with Crippen molar-refractivity contribution in [2.24, 2.45) is 0 Å². The smallest absolute Gasteiger partial charge is 0.413 e. The topological polar surface area (TPSA) is 81.4 Å². The number of hydrogen-bond acceptors (Lipinski definition) is 5. The van der Waals surface area contributed by atoms with Crippen molar-refractivity contribution in [1.29, 1.82) is 0 Å². The molecule has 96 valence electrons. The maximum Gasteiger partial charge on any atom is 0.413 e. The third-order valence-corrected chi connectivity index (χ3v) is 2.36. The molecule has 0 fully saturated rings. The van der Waals surface area contributed by atoms with Gasteiger partial charge in [-0.05, 0) is 36.7 Å². The average Bonchev–Trinajstić information content (AvgIpc) is 2.57. The van der Waals surface area contributed by atoms with Crippen LogP contribution < -0.4 is 5.32 Å². The SMILES string of the molecule is CC(C)(C)OC(=O)Nc1cnn2c(Br)cnc2n1. The van der Waals surface area contributed by atoms with Crippen LogP contribution in [0.15, 0.2) is 17.0 Å². The minimum atomic E-state index is -0.577. The summed E-state index contributed by atoms with van der Waals surface area (Å²) < 4.78 is 7.29. The van der Waals surface area contributed by atoms with Gasteiger partial charge in [-0.15, -0.1) is 0 Å². The third kappa shape index (κ3) is 2.95. The lowest BCUT2D eigenvalue weighted by Crippen LogP contribution is -2.27. The van der Waals surface area contributed by atoms with E-state index in [1.165, 1.54) is 10.7 Å². The summed E-state index contributed by atoms with van der Waals surface area (Å²) in [7, 11) is 0. The van der Waals surface area contributed by atoms with Crippen LogP contribution in [0.25, 0.3) is 5.78 Å². The van der Waals surface area contributed by atoms with Gasteiger partial charge in [0.05, 0.1) is 12.4 Å². The Morgan fingerprint density at radius 3 is 2.83 bits per heavy atom. The third-order valence-electron chi connectivity index (χ3n) is 1.82. The van der Waals surface area contributed by atoms with Crippen LogP contribution in [0.2, 0.25) is 0 Å². The fraction of sp³-hybridized carbons (Fsp3) is 0.400. The Bertz CT molecular complexity index is 589. The quantitative estimate of drug-likeness (QED) is 0.873. The van der Waals surface area contributed by atoms with E-state index in [-0.39, 0.29) is 5.82 Å². The highest BCUT2D eigenvalue weighted by molar-refractivity contribution is 9.10. The Kier molecular flexibility index (Phi) is 3.20. The standard InChI is InChI=1S/C10H12BrN5O2/c1-10(2,3)18-9(17)15-7-5-13-16-6(11)4-12-8(16)14-7/h4-5H,1-3H3,(H,12,14,15,17). The van der Waals surface area contributed by atoms with Crippen molar-refractivity contribution in [2.75, 3.05) is 5.32 Å². The first-order valence-electron chi connectivity index (χ1n) is 5.21. The van der Waals surface area contributed by atoms with Gasteiger partial charge in [0, 0.05) is 0 Å². The van der Waals surface area contributed by atoms with Gasteiger partial charge in [0.1, 0.15) is 10.2 Å². The van der Waals surface area contributed by atoms with Crippen molar-refractivity contribution in [1.82, 2.24) is 19.6 Å². The second kappa shape index (κ2) is 4.52. The summed E-state index contributed by atoms with van der Waals surface area (Å²) >= 11 is 3.27. The lowest BCUT2D eigenvalue weighted by atomic mass is 10.2. The largest absolute Gasteiger partial charge is 0.444 e. The predicted octanol–water partition coefficient (Wildman–Crippen LogP) is 2.23. The molecule has 18 heavy (non-hydrogen) atoms. The van der Waals surface area contributed by atoms with E-state index in [2.05, 4.69) is 36.3 Å². The lowest BCUT2D eigenvalue weighted by molar-refractivity contribution is 0.0635. The summed E-state index contributed by atoms with van der Waals surface area (Å²) in [6, 6.07) is 0. The van der Waals surface area contributed by atoms with Crippen molar-refractivity contribution in [3.63, 3.8) is 0 Å². The van der Waals surface area contributed by atoms with Crippen LogP contribution in [-0.2, 0) is 4.74 Å². The molecule has 2 heterocycles. The first-order valence-corrected chi connectivity index (χ1v) is 6.01. The molecule has 0 aliphatic rings. The number of fused-ring (bicyclic) bond motifs is 1. The molecule has 1 amide bonds. The van der Waals surface area contributed by atoms with Crippen molar-refractivity contribution < 1.29 is 9.53 Å². The van der Waals surface area contributed by atoms with Gasteiger partial charge in [-0.1, -0.05) is 0 Å². The number of carbonyl (C=O) groups excluding carboxylic acids is 1. The van der Waals surface area contributed by atoms with Crippen LogP contribution in [-0.4, -0.2) is 31.3 Å². The van der Waals surface area contributed by atoms with Crippen LogP contribution in [0.3, 0.4) is 0 Å². The zero-order valence-corrected chi connectivity index (χ0v) is 11.7. The van der Waals surface area contributed by atoms with Gasteiger partial charge >= 0.3 is 6.09 Å². The Balaban J connectivity index is 2.15. The van der Waals surface area contributed by atoms with Gasteiger partial charge in [0.15, 0.2) is 5.82 Å². The molecule has 0 saturated carbocycles. The first-order chi connectivity index (χ1) is 8.35. The van der Waals surface area contributed by atoms with E-state index < -0.39 is 11.7 Å². The maximum atomic E-state index is 11.5. The number of nitrogens with one attached hydrogen (secondary N) is 1.